The van der Waals surface area contributed by atoms with Crippen LogP contribution in [-0.2, 0) is 10.9 Å². The van der Waals surface area contributed by atoms with E-state index in [2.05, 4.69) is 9.97 Å². The highest BCUT2D eigenvalue weighted by molar-refractivity contribution is 5.71. The van der Waals surface area contributed by atoms with Gasteiger partial charge < -0.3 is 14.0 Å². The predicted octanol–water partition coefficient (Wildman–Crippen LogP) is 4.28. The van der Waals surface area contributed by atoms with Crippen molar-refractivity contribution in [3.8, 4) is 5.75 Å². The molecule has 1 aliphatic carbocycles. The highest BCUT2D eigenvalue weighted by Crippen LogP contribution is 2.41. The molecule has 0 unspecified atom stereocenters. The maximum absolute atomic E-state index is 13.4. The molecule has 0 saturated heterocycles. The molecular formula is C18H13F3N4O5. The van der Waals surface area contributed by atoms with Gasteiger partial charge in [-0.1, -0.05) is 0 Å². The molecule has 0 atom stereocenters. The monoisotopic (exact) mass is 422 g/mol. The summed E-state index contributed by atoms with van der Waals surface area (Å²) in [7, 11) is 0. The molecule has 0 bridgehead atoms. The Bertz CT molecular complexity index is 1110. The van der Waals surface area contributed by atoms with Gasteiger partial charge in [-0.05, 0) is 24.3 Å². The zero-order chi connectivity index (χ0) is 21.5. The van der Waals surface area contributed by atoms with Gasteiger partial charge in [-0.25, -0.2) is 14.8 Å². The Morgan fingerprint density at radius 3 is 2.53 bits per heavy atom. The highest BCUT2D eigenvalue weighted by Gasteiger charge is 2.43. The second kappa shape index (κ2) is 7.28. The van der Waals surface area contributed by atoms with Crippen LogP contribution in [0, 0.1) is 10.1 Å². The van der Waals surface area contributed by atoms with Crippen LogP contribution in [0.25, 0.3) is 11.2 Å². The highest BCUT2D eigenvalue weighted by atomic mass is 19.4. The van der Waals surface area contributed by atoms with Crippen LogP contribution >= 0.6 is 0 Å². The average molecular weight is 422 g/mol. The van der Waals surface area contributed by atoms with Gasteiger partial charge in [0.1, 0.15) is 17.4 Å². The van der Waals surface area contributed by atoms with Crippen molar-refractivity contribution >= 4 is 23.0 Å². The van der Waals surface area contributed by atoms with Gasteiger partial charge in [0.05, 0.1) is 4.92 Å². The number of rotatable bonds is 4. The normalized spacial score (nSPS) is 18.6. The second-order valence-corrected chi connectivity index (χ2v) is 6.62. The first-order valence-electron chi connectivity index (χ1n) is 8.75. The van der Waals surface area contributed by atoms with E-state index in [-0.39, 0.29) is 35.4 Å². The second-order valence-electron chi connectivity index (χ2n) is 6.62. The summed E-state index contributed by atoms with van der Waals surface area (Å²) >= 11 is 0. The van der Waals surface area contributed by atoms with Crippen LogP contribution in [0.4, 0.5) is 23.7 Å². The van der Waals surface area contributed by atoms with Crippen molar-refractivity contribution in [3.63, 3.8) is 0 Å². The van der Waals surface area contributed by atoms with E-state index in [0.717, 1.165) is 16.7 Å². The van der Waals surface area contributed by atoms with E-state index < -0.39 is 35.2 Å². The van der Waals surface area contributed by atoms with E-state index in [1.807, 2.05) is 0 Å². The summed E-state index contributed by atoms with van der Waals surface area (Å²) in [5, 5.41) is 10.6. The Kier molecular flexibility index (Phi) is 4.76. The molecule has 9 nitrogen and oxygen atoms in total. The number of benzene rings is 1. The quantitative estimate of drug-likeness (QED) is 0.267. The van der Waals surface area contributed by atoms with Crippen molar-refractivity contribution in [1.82, 2.24) is 14.5 Å². The number of nitro groups is 1. The largest absolute Gasteiger partial charge is 0.514 e. The van der Waals surface area contributed by atoms with Gasteiger partial charge in [0.15, 0.2) is 5.65 Å². The maximum atomic E-state index is 13.4. The molecule has 4 rings (SSSR count). The number of hydrogen-bond acceptors (Lipinski definition) is 7. The SMILES string of the molecule is O=C(Oc1ccc([N+](=O)[O-])cc1)OC1CC(n2c(C(F)(F)F)nc3cccnc32)C1. The van der Waals surface area contributed by atoms with E-state index >= 15 is 0 Å². The van der Waals surface area contributed by atoms with Gasteiger partial charge in [-0.15, -0.1) is 0 Å². The summed E-state index contributed by atoms with van der Waals surface area (Å²) < 4.78 is 51.2. The summed E-state index contributed by atoms with van der Waals surface area (Å²) in [5.41, 5.74) is 0.0766. The van der Waals surface area contributed by atoms with E-state index in [9.17, 15) is 28.1 Å². The molecule has 30 heavy (non-hydrogen) atoms. The van der Waals surface area contributed by atoms with Gasteiger partial charge >= 0.3 is 12.3 Å². The van der Waals surface area contributed by atoms with Crippen LogP contribution in [0.15, 0.2) is 42.6 Å². The first-order valence-corrected chi connectivity index (χ1v) is 8.75. The number of alkyl halides is 3. The average Bonchev–Trinajstić information content (AvgIpc) is 3.04. The van der Waals surface area contributed by atoms with Crippen molar-refractivity contribution in [2.75, 3.05) is 0 Å². The van der Waals surface area contributed by atoms with Crippen LogP contribution < -0.4 is 4.74 Å². The van der Waals surface area contributed by atoms with E-state index in [1.54, 1.807) is 0 Å². The third kappa shape index (κ3) is 3.75. The van der Waals surface area contributed by atoms with Gasteiger partial charge in [0, 0.05) is 37.2 Å². The molecule has 0 amide bonds. The van der Waals surface area contributed by atoms with Gasteiger partial charge in [-0.2, -0.15) is 13.2 Å². The summed E-state index contributed by atoms with van der Waals surface area (Å²) in [6.45, 7) is 0. The van der Waals surface area contributed by atoms with Crippen molar-refractivity contribution in [2.45, 2.75) is 31.2 Å². The lowest BCUT2D eigenvalue weighted by Gasteiger charge is -2.36. The Hall–Kier alpha value is -3.70. The molecule has 1 fully saturated rings. The zero-order valence-corrected chi connectivity index (χ0v) is 15.1. The minimum atomic E-state index is -4.65. The maximum Gasteiger partial charge on any atom is 0.514 e. The minimum absolute atomic E-state index is 0.0469. The number of nitro benzene ring substituents is 1. The number of nitrogens with zero attached hydrogens (tertiary/aromatic N) is 4. The molecule has 1 saturated carbocycles. The third-order valence-electron chi connectivity index (χ3n) is 4.65. The van der Waals surface area contributed by atoms with E-state index in [1.165, 1.54) is 30.5 Å². The molecule has 1 aromatic carbocycles. The van der Waals surface area contributed by atoms with Gasteiger partial charge in [0.25, 0.3) is 5.69 Å². The molecule has 0 radical (unpaired) electrons. The molecule has 12 heteroatoms. The fourth-order valence-electron chi connectivity index (χ4n) is 3.21. The summed E-state index contributed by atoms with van der Waals surface area (Å²) in [5.74, 6) is -1.00. The summed E-state index contributed by atoms with van der Waals surface area (Å²) in [6.07, 6.45) is -4.67. The third-order valence-corrected chi connectivity index (χ3v) is 4.65. The van der Waals surface area contributed by atoms with Crippen LogP contribution in [0.5, 0.6) is 5.75 Å². The molecule has 2 aromatic heterocycles. The van der Waals surface area contributed by atoms with Crippen molar-refractivity contribution in [1.29, 1.82) is 0 Å². The molecule has 1 aliphatic rings. The molecule has 3 aromatic rings. The van der Waals surface area contributed by atoms with Gasteiger partial charge in [-0.3, -0.25) is 10.1 Å². The number of imidazole rings is 1. The van der Waals surface area contributed by atoms with Crippen molar-refractivity contribution in [3.05, 3.63) is 58.5 Å². The van der Waals surface area contributed by atoms with E-state index in [4.69, 9.17) is 9.47 Å². The van der Waals surface area contributed by atoms with Crippen molar-refractivity contribution < 1.29 is 32.4 Å². The molecule has 0 N–H and O–H groups in total. The Morgan fingerprint density at radius 1 is 1.20 bits per heavy atom. The van der Waals surface area contributed by atoms with Crippen LogP contribution in [-0.4, -0.2) is 31.7 Å². The lowest BCUT2D eigenvalue weighted by Crippen LogP contribution is -2.37. The van der Waals surface area contributed by atoms with Crippen LogP contribution in [0.2, 0.25) is 0 Å². The zero-order valence-electron chi connectivity index (χ0n) is 15.1. The fraction of sp³-hybridized carbons (Fsp3) is 0.278. The Labute approximate surface area is 166 Å². The number of carbonyl (C=O) groups is 1. The Morgan fingerprint density at radius 2 is 1.90 bits per heavy atom. The number of pyridine rings is 1. The lowest BCUT2D eigenvalue weighted by atomic mass is 9.89. The molecule has 156 valence electrons. The lowest BCUT2D eigenvalue weighted by molar-refractivity contribution is -0.384. The Balaban J connectivity index is 1.40. The number of hydrogen-bond donors (Lipinski definition) is 0. The molecule has 2 heterocycles. The standard InChI is InChI=1S/C18H13F3N4O5/c19-18(20,21)16-23-14-2-1-7-22-15(14)24(16)11-8-13(9-11)30-17(26)29-12-5-3-10(4-6-12)25(27)28/h1-7,11,13H,8-9H2. The molecule has 0 aliphatic heterocycles. The predicted molar refractivity (Wildman–Crippen MR) is 94.8 cm³/mol. The fourth-order valence-corrected chi connectivity index (χ4v) is 3.21. The first-order chi connectivity index (χ1) is 14.2. The number of ether oxygens (including phenoxy) is 2. The topological polar surface area (TPSA) is 109 Å². The first kappa shape index (κ1) is 19.6. The van der Waals surface area contributed by atoms with Gasteiger partial charge in [0.2, 0.25) is 5.82 Å². The number of non-ortho nitro benzene ring substituents is 1. The number of carbonyl (C=O) groups excluding carboxylic acids is 1. The number of halogens is 3. The summed E-state index contributed by atoms with van der Waals surface area (Å²) in [6, 6.07) is 7.17. The minimum Gasteiger partial charge on any atom is -0.431 e. The van der Waals surface area contributed by atoms with Crippen molar-refractivity contribution in [2.24, 2.45) is 0 Å². The number of aromatic nitrogens is 3. The number of fused-ring (bicyclic) bond motifs is 1. The van der Waals surface area contributed by atoms with Crippen LogP contribution in [0.1, 0.15) is 24.7 Å². The van der Waals surface area contributed by atoms with Crippen LogP contribution in [0.3, 0.4) is 0 Å². The summed E-state index contributed by atoms with van der Waals surface area (Å²) in [4.78, 5) is 29.5. The molecule has 0 spiro atoms. The van der Waals surface area contributed by atoms with E-state index in [0.29, 0.717) is 0 Å². The smallest absolute Gasteiger partial charge is 0.431 e. The molecular weight excluding hydrogens is 409 g/mol.